The van der Waals surface area contributed by atoms with E-state index in [1.165, 1.54) is 0 Å². The Bertz CT molecular complexity index is 827. The molecule has 0 aliphatic carbocycles. The summed E-state index contributed by atoms with van der Waals surface area (Å²) in [4.78, 5) is 0. The van der Waals surface area contributed by atoms with Gasteiger partial charge in [-0.15, -0.1) is 0 Å². The number of nitrogens with zero attached hydrogens (tertiary/aromatic N) is 2. The molecule has 2 aromatic carbocycles. The smallest absolute Gasteiger partial charge is 0.222 e. The summed E-state index contributed by atoms with van der Waals surface area (Å²) in [6.45, 7) is 8.37. The van der Waals surface area contributed by atoms with Crippen molar-refractivity contribution in [3.63, 3.8) is 0 Å². The van der Waals surface area contributed by atoms with Gasteiger partial charge in [0.1, 0.15) is 0 Å². The minimum Gasteiger partial charge on any atom is -0.493 e. The van der Waals surface area contributed by atoms with Crippen molar-refractivity contribution in [3.05, 3.63) is 65.9 Å². The molecule has 0 atom stereocenters. The molecule has 1 aromatic heterocycles. The summed E-state index contributed by atoms with van der Waals surface area (Å²) in [5, 5.41) is 15.6. The topological polar surface area (TPSA) is 38.0 Å². The molecule has 3 aromatic rings. The molecule has 0 radical (unpaired) electrons. The van der Waals surface area contributed by atoms with Crippen molar-refractivity contribution < 1.29 is 5.11 Å². The van der Waals surface area contributed by atoms with Crippen molar-refractivity contribution in [2.24, 2.45) is 0 Å². The normalized spacial score (nSPS) is 11.7. The highest BCUT2D eigenvalue weighted by molar-refractivity contribution is 5.73. The molecule has 3 heteroatoms. The second kappa shape index (κ2) is 5.58. The lowest BCUT2D eigenvalue weighted by atomic mass is 9.87. The van der Waals surface area contributed by atoms with Gasteiger partial charge in [-0.25, -0.2) is 4.68 Å². The molecule has 1 N–H and O–H groups in total. The predicted molar refractivity (Wildman–Crippen MR) is 94.1 cm³/mol. The van der Waals surface area contributed by atoms with E-state index in [0.29, 0.717) is 0 Å². The van der Waals surface area contributed by atoms with Gasteiger partial charge in [-0.2, -0.15) is 5.10 Å². The maximum atomic E-state index is 10.9. The summed E-state index contributed by atoms with van der Waals surface area (Å²) in [5.74, 6) is 0.187. The van der Waals surface area contributed by atoms with Crippen molar-refractivity contribution in [3.8, 4) is 22.7 Å². The quantitative estimate of drug-likeness (QED) is 0.735. The van der Waals surface area contributed by atoms with Gasteiger partial charge in [-0.1, -0.05) is 63.2 Å². The second-order valence-electron chi connectivity index (χ2n) is 6.91. The third kappa shape index (κ3) is 2.87. The molecule has 23 heavy (non-hydrogen) atoms. The van der Waals surface area contributed by atoms with Crippen LogP contribution in [0, 0.1) is 6.92 Å². The fourth-order valence-electron chi connectivity index (χ4n) is 2.74. The lowest BCUT2D eigenvalue weighted by molar-refractivity contribution is 0.435. The van der Waals surface area contributed by atoms with Crippen LogP contribution in [-0.4, -0.2) is 14.9 Å². The van der Waals surface area contributed by atoms with Crippen molar-refractivity contribution in [2.45, 2.75) is 33.1 Å². The van der Waals surface area contributed by atoms with Crippen molar-refractivity contribution >= 4 is 0 Å². The fraction of sp³-hybridized carbons (Fsp3) is 0.250. The molecule has 118 valence electrons. The molecule has 3 nitrogen and oxygen atoms in total. The number of benzene rings is 2. The first-order valence-corrected chi connectivity index (χ1v) is 7.83. The van der Waals surface area contributed by atoms with Gasteiger partial charge in [0.05, 0.1) is 16.9 Å². The van der Waals surface area contributed by atoms with Crippen LogP contribution in [0.15, 0.2) is 54.6 Å². The Labute approximate surface area is 137 Å². The molecule has 0 unspecified atom stereocenters. The van der Waals surface area contributed by atoms with E-state index in [9.17, 15) is 5.11 Å². The number of aryl methyl sites for hydroxylation is 1. The van der Waals surface area contributed by atoms with Crippen LogP contribution in [-0.2, 0) is 5.41 Å². The number of hydrogen-bond donors (Lipinski definition) is 1. The Morgan fingerprint density at radius 2 is 1.65 bits per heavy atom. The summed E-state index contributed by atoms with van der Waals surface area (Å²) < 4.78 is 1.63. The Balaban J connectivity index is 2.27. The zero-order chi connectivity index (χ0) is 16.6. The van der Waals surface area contributed by atoms with Gasteiger partial charge in [0.15, 0.2) is 0 Å². The molecule has 0 bridgehead atoms. The van der Waals surface area contributed by atoms with Gasteiger partial charge in [0.25, 0.3) is 0 Å². The van der Waals surface area contributed by atoms with Crippen molar-refractivity contribution in [1.82, 2.24) is 9.78 Å². The molecule has 0 spiro atoms. The van der Waals surface area contributed by atoms with Crippen LogP contribution in [0.25, 0.3) is 16.8 Å². The maximum Gasteiger partial charge on any atom is 0.222 e. The Hall–Kier alpha value is -2.55. The van der Waals surface area contributed by atoms with Gasteiger partial charge in [-0.3, -0.25) is 0 Å². The van der Waals surface area contributed by atoms with Crippen LogP contribution in [0.5, 0.6) is 5.88 Å². The van der Waals surface area contributed by atoms with E-state index >= 15 is 0 Å². The molecule has 0 aliphatic heterocycles. The minimum atomic E-state index is -0.169. The molecule has 0 saturated heterocycles. The first kappa shape index (κ1) is 15.3. The van der Waals surface area contributed by atoms with Gasteiger partial charge in [0, 0.05) is 5.41 Å². The van der Waals surface area contributed by atoms with E-state index in [1.54, 1.807) is 4.68 Å². The molecular weight excluding hydrogens is 284 g/mol. The van der Waals surface area contributed by atoms with E-state index in [1.807, 2.05) is 61.5 Å². The summed E-state index contributed by atoms with van der Waals surface area (Å²) in [7, 11) is 0. The minimum absolute atomic E-state index is 0.169. The largest absolute Gasteiger partial charge is 0.493 e. The number of rotatable bonds is 2. The molecule has 1 heterocycles. The predicted octanol–water partition coefficient (Wildman–Crippen LogP) is 4.85. The number of hydrogen-bond acceptors (Lipinski definition) is 2. The van der Waals surface area contributed by atoms with Gasteiger partial charge >= 0.3 is 0 Å². The van der Waals surface area contributed by atoms with Crippen LogP contribution in [0.4, 0.5) is 0 Å². The molecule has 0 aliphatic rings. The Morgan fingerprint density at radius 1 is 0.957 bits per heavy atom. The van der Waals surface area contributed by atoms with Crippen LogP contribution in [0.2, 0.25) is 0 Å². The highest BCUT2D eigenvalue weighted by atomic mass is 16.3. The maximum absolute atomic E-state index is 10.9. The summed E-state index contributed by atoms with van der Waals surface area (Å²) in [5.41, 5.74) is 4.51. The third-order valence-corrected chi connectivity index (χ3v) is 3.88. The zero-order valence-electron chi connectivity index (χ0n) is 14.0. The average Bonchev–Trinajstić information content (AvgIpc) is 2.86. The number of aromatic hydroxyl groups is 1. The van der Waals surface area contributed by atoms with E-state index in [-0.39, 0.29) is 11.3 Å². The fourth-order valence-corrected chi connectivity index (χ4v) is 2.74. The summed E-state index contributed by atoms with van der Waals surface area (Å²) in [6.07, 6.45) is 0. The molecular formula is C20H22N2O. The van der Waals surface area contributed by atoms with E-state index in [0.717, 1.165) is 28.1 Å². The van der Waals surface area contributed by atoms with Gasteiger partial charge < -0.3 is 5.11 Å². The van der Waals surface area contributed by atoms with Crippen LogP contribution in [0.1, 0.15) is 32.0 Å². The van der Waals surface area contributed by atoms with Crippen LogP contribution >= 0.6 is 0 Å². The number of aromatic nitrogens is 2. The lowest BCUT2D eigenvalue weighted by Gasteiger charge is -2.17. The first-order chi connectivity index (χ1) is 10.9. The van der Waals surface area contributed by atoms with Gasteiger partial charge in [0.2, 0.25) is 5.88 Å². The molecule has 0 amide bonds. The highest BCUT2D eigenvalue weighted by Gasteiger charge is 2.28. The van der Waals surface area contributed by atoms with Crippen molar-refractivity contribution in [2.75, 3.05) is 0 Å². The summed E-state index contributed by atoms with van der Waals surface area (Å²) in [6, 6.07) is 17.9. The standard InChI is InChI=1S/C20H22N2O/c1-14-9-8-12-16(13-14)22-19(23)17(15-10-6-5-7-11-15)18(21-22)20(2,3)4/h5-13,23H,1-4H3. The zero-order valence-corrected chi connectivity index (χ0v) is 14.0. The second-order valence-corrected chi connectivity index (χ2v) is 6.91. The monoisotopic (exact) mass is 306 g/mol. The van der Waals surface area contributed by atoms with E-state index in [2.05, 4.69) is 20.8 Å². The van der Waals surface area contributed by atoms with Gasteiger partial charge in [-0.05, 0) is 30.2 Å². The first-order valence-electron chi connectivity index (χ1n) is 7.83. The van der Waals surface area contributed by atoms with E-state index in [4.69, 9.17) is 5.10 Å². The molecule has 3 rings (SSSR count). The summed E-state index contributed by atoms with van der Waals surface area (Å²) >= 11 is 0. The third-order valence-electron chi connectivity index (χ3n) is 3.88. The molecule has 0 fully saturated rings. The van der Waals surface area contributed by atoms with Crippen molar-refractivity contribution in [1.29, 1.82) is 0 Å². The average molecular weight is 306 g/mol. The Morgan fingerprint density at radius 3 is 2.26 bits per heavy atom. The Kier molecular flexibility index (Phi) is 3.72. The lowest BCUT2D eigenvalue weighted by Crippen LogP contribution is -2.14. The molecule has 0 saturated carbocycles. The van der Waals surface area contributed by atoms with Crippen LogP contribution in [0.3, 0.4) is 0 Å². The highest BCUT2D eigenvalue weighted by Crippen LogP contribution is 2.39. The SMILES string of the molecule is Cc1cccc(-n2nc(C(C)(C)C)c(-c3ccccc3)c2O)c1. The van der Waals surface area contributed by atoms with Crippen LogP contribution < -0.4 is 0 Å². The van der Waals surface area contributed by atoms with E-state index < -0.39 is 0 Å².